The predicted molar refractivity (Wildman–Crippen MR) is 96.2 cm³/mol. The molecule has 124 valence electrons. The zero-order valence-corrected chi connectivity index (χ0v) is 14.7. The van der Waals surface area contributed by atoms with Gasteiger partial charge in [-0.2, -0.15) is 11.8 Å². The van der Waals surface area contributed by atoms with Gasteiger partial charge in [-0.15, -0.1) is 0 Å². The summed E-state index contributed by atoms with van der Waals surface area (Å²) in [6.45, 7) is 4.66. The van der Waals surface area contributed by atoms with Crippen molar-refractivity contribution in [3.63, 3.8) is 0 Å². The molecule has 2 amide bonds. The molecule has 2 N–H and O–H groups in total. The van der Waals surface area contributed by atoms with Crippen molar-refractivity contribution in [2.45, 2.75) is 26.3 Å². The summed E-state index contributed by atoms with van der Waals surface area (Å²) in [4.78, 5) is 16.1. The summed E-state index contributed by atoms with van der Waals surface area (Å²) in [5, 5.41) is 5.85. The van der Waals surface area contributed by atoms with Gasteiger partial charge in [-0.3, -0.25) is 0 Å². The van der Waals surface area contributed by atoms with Crippen LogP contribution in [-0.4, -0.2) is 34.1 Å². The first-order valence-corrected chi connectivity index (χ1v) is 9.15. The Morgan fingerprint density at radius 3 is 2.70 bits per heavy atom. The lowest BCUT2D eigenvalue weighted by molar-refractivity contribution is 0.238. The lowest BCUT2D eigenvalue weighted by Gasteiger charge is -2.16. The molecule has 1 aromatic heterocycles. The van der Waals surface area contributed by atoms with E-state index in [0.717, 1.165) is 29.2 Å². The van der Waals surface area contributed by atoms with E-state index in [2.05, 4.69) is 21.9 Å². The number of imidazole rings is 1. The van der Waals surface area contributed by atoms with Crippen LogP contribution in [0.15, 0.2) is 36.7 Å². The second kappa shape index (κ2) is 8.62. The van der Waals surface area contributed by atoms with Gasteiger partial charge in [-0.1, -0.05) is 12.1 Å². The summed E-state index contributed by atoms with van der Waals surface area (Å²) in [5.74, 6) is 2.01. The van der Waals surface area contributed by atoms with Crippen LogP contribution in [-0.2, 0) is 0 Å². The van der Waals surface area contributed by atoms with Crippen molar-refractivity contribution in [3.05, 3.63) is 48.0 Å². The molecule has 5 nitrogen and oxygen atoms in total. The quantitative estimate of drug-likeness (QED) is 0.765. The van der Waals surface area contributed by atoms with Gasteiger partial charge in [0.2, 0.25) is 0 Å². The van der Waals surface area contributed by atoms with E-state index in [-0.39, 0.29) is 12.1 Å². The van der Waals surface area contributed by atoms with Gasteiger partial charge < -0.3 is 15.2 Å². The van der Waals surface area contributed by atoms with Crippen LogP contribution in [0.4, 0.5) is 4.79 Å². The Morgan fingerprint density at radius 2 is 2.09 bits per heavy atom. The van der Waals surface area contributed by atoms with Gasteiger partial charge in [0.1, 0.15) is 5.82 Å². The standard InChI is InChI=1S/C17H24N4OS/c1-13(20-17(22)19-9-4-12-23-3)15-5-7-16(8-6-15)21-11-10-18-14(21)2/h5-8,10-11,13H,4,9,12H2,1-3H3,(H2,19,20,22)/t13-/m0/s1. The topological polar surface area (TPSA) is 59.0 Å². The summed E-state index contributed by atoms with van der Waals surface area (Å²) >= 11 is 1.79. The molecule has 0 spiro atoms. The SMILES string of the molecule is CSCCCNC(=O)N[C@@H](C)c1ccc(-n2ccnc2C)cc1. The third kappa shape index (κ3) is 5.03. The Labute approximate surface area is 141 Å². The number of benzene rings is 1. The Hall–Kier alpha value is -1.95. The Morgan fingerprint density at radius 1 is 1.35 bits per heavy atom. The Kier molecular flexibility index (Phi) is 6.52. The van der Waals surface area contributed by atoms with Crippen LogP contribution in [0.5, 0.6) is 0 Å². The largest absolute Gasteiger partial charge is 0.338 e. The molecule has 1 aromatic carbocycles. The van der Waals surface area contributed by atoms with Crippen LogP contribution < -0.4 is 10.6 Å². The molecule has 1 atom stereocenters. The molecular formula is C17H24N4OS. The van der Waals surface area contributed by atoms with E-state index < -0.39 is 0 Å². The molecule has 2 aromatic rings. The lowest BCUT2D eigenvalue weighted by atomic mass is 10.1. The van der Waals surface area contributed by atoms with Gasteiger partial charge in [-0.25, -0.2) is 9.78 Å². The van der Waals surface area contributed by atoms with Gasteiger partial charge in [0.05, 0.1) is 6.04 Å². The van der Waals surface area contributed by atoms with Gasteiger partial charge in [-0.05, 0) is 50.0 Å². The van der Waals surface area contributed by atoms with Crippen LogP contribution >= 0.6 is 11.8 Å². The highest BCUT2D eigenvalue weighted by molar-refractivity contribution is 7.98. The van der Waals surface area contributed by atoms with Crippen molar-refractivity contribution in [3.8, 4) is 5.69 Å². The number of aromatic nitrogens is 2. The molecule has 0 fully saturated rings. The van der Waals surface area contributed by atoms with E-state index in [9.17, 15) is 4.79 Å². The maximum Gasteiger partial charge on any atom is 0.315 e. The number of thioether (sulfide) groups is 1. The maximum atomic E-state index is 11.8. The highest BCUT2D eigenvalue weighted by Crippen LogP contribution is 2.16. The fourth-order valence-corrected chi connectivity index (χ4v) is 2.76. The minimum atomic E-state index is -0.117. The fourth-order valence-electron chi connectivity index (χ4n) is 2.32. The number of amides is 2. The number of aryl methyl sites for hydroxylation is 1. The zero-order valence-electron chi connectivity index (χ0n) is 13.9. The van der Waals surface area contributed by atoms with Crippen molar-refractivity contribution >= 4 is 17.8 Å². The number of nitrogens with zero attached hydrogens (tertiary/aromatic N) is 2. The van der Waals surface area contributed by atoms with Gasteiger partial charge >= 0.3 is 6.03 Å². The third-order valence-corrected chi connectivity index (χ3v) is 4.35. The van der Waals surface area contributed by atoms with Gasteiger partial charge in [0.15, 0.2) is 0 Å². The molecule has 6 heteroatoms. The molecule has 0 saturated heterocycles. The van der Waals surface area contributed by atoms with E-state index in [1.165, 1.54) is 0 Å². The van der Waals surface area contributed by atoms with Crippen LogP contribution in [0.1, 0.15) is 30.8 Å². The average molecular weight is 332 g/mol. The number of hydrogen-bond donors (Lipinski definition) is 2. The molecule has 2 rings (SSSR count). The number of urea groups is 1. The molecule has 23 heavy (non-hydrogen) atoms. The van der Waals surface area contributed by atoms with Crippen molar-refractivity contribution in [2.24, 2.45) is 0 Å². The molecule has 0 aliphatic carbocycles. The van der Waals surface area contributed by atoms with E-state index in [1.54, 1.807) is 18.0 Å². The minimum absolute atomic E-state index is 0.0338. The van der Waals surface area contributed by atoms with Crippen LogP contribution in [0.25, 0.3) is 5.69 Å². The molecule has 1 heterocycles. The van der Waals surface area contributed by atoms with Crippen LogP contribution in [0.3, 0.4) is 0 Å². The first-order valence-electron chi connectivity index (χ1n) is 7.75. The number of rotatable bonds is 7. The maximum absolute atomic E-state index is 11.8. The van der Waals surface area contributed by atoms with Crippen molar-refractivity contribution in [1.29, 1.82) is 0 Å². The number of carbonyl (C=O) groups is 1. The first-order chi connectivity index (χ1) is 11.1. The number of carbonyl (C=O) groups excluding carboxylic acids is 1. The molecule has 0 saturated carbocycles. The highest BCUT2D eigenvalue weighted by Gasteiger charge is 2.09. The molecule has 0 unspecified atom stereocenters. The van der Waals surface area contributed by atoms with Crippen LogP contribution in [0.2, 0.25) is 0 Å². The summed E-state index contributed by atoms with van der Waals surface area (Å²) in [7, 11) is 0. The van der Waals surface area contributed by atoms with Crippen molar-refractivity contribution < 1.29 is 4.79 Å². The summed E-state index contributed by atoms with van der Waals surface area (Å²) in [5.41, 5.74) is 2.14. The predicted octanol–water partition coefficient (Wildman–Crippen LogP) is 3.29. The third-order valence-electron chi connectivity index (χ3n) is 3.66. The Balaban J connectivity index is 1.89. The minimum Gasteiger partial charge on any atom is -0.338 e. The van der Waals surface area contributed by atoms with E-state index in [0.29, 0.717) is 6.54 Å². The average Bonchev–Trinajstić information content (AvgIpc) is 2.98. The number of hydrogen-bond acceptors (Lipinski definition) is 3. The lowest BCUT2D eigenvalue weighted by Crippen LogP contribution is -2.37. The van der Waals surface area contributed by atoms with Gasteiger partial charge in [0.25, 0.3) is 0 Å². The van der Waals surface area contributed by atoms with Crippen molar-refractivity contribution in [1.82, 2.24) is 20.2 Å². The van der Waals surface area contributed by atoms with Crippen LogP contribution in [0, 0.1) is 6.92 Å². The second-order valence-corrected chi connectivity index (χ2v) is 6.39. The Bertz CT molecular complexity index is 624. The molecule has 0 aliphatic heterocycles. The van der Waals surface area contributed by atoms with E-state index >= 15 is 0 Å². The van der Waals surface area contributed by atoms with Crippen molar-refractivity contribution in [2.75, 3.05) is 18.6 Å². The summed E-state index contributed by atoms with van der Waals surface area (Å²) in [6, 6.07) is 8.00. The smallest absolute Gasteiger partial charge is 0.315 e. The molecule has 0 bridgehead atoms. The second-order valence-electron chi connectivity index (χ2n) is 5.40. The first kappa shape index (κ1) is 17.4. The van der Waals surface area contributed by atoms with Gasteiger partial charge in [0, 0.05) is 24.6 Å². The fraction of sp³-hybridized carbons (Fsp3) is 0.412. The molecular weight excluding hydrogens is 308 g/mol. The summed E-state index contributed by atoms with van der Waals surface area (Å²) in [6.07, 6.45) is 6.78. The van der Waals surface area contributed by atoms with E-state index in [1.807, 2.05) is 48.9 Å². The summed E-state index contributed by atoms with van der Waals surface area (Å²) < 4.78 is 2.03. The van der Waals surface area contributed by atoms with E-state index in [4.69, 9.17) is 0 Å². The molecule has 0 aliphatic rings. The normalized spacial score (nSPS) is 12.0. The monoisotopic (exact) mass is 332 g/mol. The number of nitrogens with one attached hydrogen (secondary N) is 2. The molecule has 0 radical (unpaired) electrons. The highest BCUT2D eigenvalue weighted by atomic mass is 32.2. The zero-order chi connectivity index (χ0) is 16.7.